The summed E-state index contributed by atoms with van der Waals surface area (Å²) in [5.74, 6) is -0.146. The Morgan fingerprint density at radius 1 is 1.06 bits per heavy atom. The van der Waals surface area contributed by atoms with Crippen LogP contribution in [0.25, 0.3) is 11.1 Å². The van der Waals surface area contributed by atoms with E-state index in [-0.39, 0.29) is 24.2 Å². The Kier molecular flexibility index (Phi) is 5.72. The number of carbonyl (C=O) groups excluding carboxylic acids is 2. The summed E-state index contributed by atoms with van der Waals surface area (Å²) in [4.78, 5) is 32.5. The monoisotopic (exact) mass is 433 g/mol. The lowest BCUT2D eigenvalue weighted by atomic mass is 9.98. The number of amides is 2. The van der Waals surface area contributed by atoms with Crippen LogP contribution in [0.1, 0.15) is 43.6 Å². The van der Waals surface area contributed by atoms with Crippen LogP contribution in [0.2, 0.25) is 0 Å². The SMILES string of the molecule is CC(C)(C)OC(=O)NC(=NC(=O)OCC1c2ccccc2-c2ccccc21)c1ncn[nH]1. The summed E-state index contributed by atoms with van der Waals surface area (Å²) in [5, 5.41) is 8.71. The second kappa shape index (κ2) is 8.62. The number of benzene rings is 2. The minimum atomic E-state index is -0.866. The van der Waals surface area contributed by atoms with Crippen molar-refractivity contribution in [2.24, 2.45) is 4.99 Å². The number of fused-ring (bicyclic) bond motifs is 3. The standard InChI is InChI=1S/C23H23N5O4/c1-23(2,3)32-22(30)27-20(19-24-13-25-28-19)26-21(29)31-12-18-16-10-6-4-8-14(16)15-9-5-7-11-17(15)18/h4-11,13,18H,12H2,1-3H3,(H,24,25,28)(H,26,27,29,30). The average molecular weight is 433 g/mol. The van der Waals surface area contributed by atoms with Gasteiger partial charge in [-0.3, -0.25) is 10.4 Å². The number of aliphatic imine (C=N–C) groups is 1. The number of aromatic nitrogens is 3. The zero-order valence-electron chi connectivity index (χ0n) is 18.0. The molecule has 1 aliphatic carbocycles. The normalized spacial score (nSPS) is 13.3. The van der Waals surface area contributed by atoms with Gasteiger partial charge in [0.1, 0.15) is 18.5 Å². The molecular weight excluding hydrogens is 410 g/mol. The van der Waals surface area contributed by atoms with E-state index in [0.29, 0.717) is 0 Å². The van der Waals surface area contributed by atoms with Crippen molar-refractivity contribution in [3.63, 3.8) is 0 Å². The molecule has 0 aliphatic heterocycles. The lowest BCUT2D eigenvalue weighted by Gasteiger charge is -2.19. The van der Waals surface area contributed by atoms with E-state index < -0.39 is 17.8 Å². The molecule has 1 heterocycles. The molecule has 2 amide bonds. The summed E-state index contributed by atoms with van der Waals surface area (Å²) in [5.41, 5.74) is 3.71. The molecule has 0 saturated heterocycles. The Balaban J connectivity index is 1.50. The van der Waals surface area contributed by atoms with Crippen molar-refractivity contribution in [2.75, 3.05) is 6.61 Å². The van der Waals surface area contributed by atoms with Gasteiger partial charge in [0.25, 0.3) is 0 Å². The van der Waals surface area contributed by atoms with Crippen LogP contribution in [-0.4, -0.2) is 45.4 Å². The molecule has 32 heavy (non-hydrogen) atoms. The highest BCUT2D eigenvalue weighted by molar-refractivity contribution is 6.07. The molecule has 2 N–H and O–H groups in total. The largest absolute Gasteiger partial charge is 0.447 e. The third kappa shape index (κ3) is 4.66. The van der Waals surface area contributed by atoms with Gasteiger partial charge in [0.15, 0.2) is 11.7 Å². The molecule has 1 aromatic heterocycles. The topological polar surface area (TPSA) is 119 Å². The van der Waals surface area contributed by atoms with Gasteiger partial charge in [-0.15, -0.1) is 0 Å². The molecule has 1 aliphatic rings. The van der Waals surface area contributed by atoms with Crippen molar-refractivity contribution < 1.29 is 19.1 Å². The van der Waals surface area contributed by atoms with Gasteiger partial charge >= 0.3 is 12.2 Å². The first kappa shape index (κ1) is 21.2. The second-order valence-corrected chi connectivity index (χ2v) is 8.23. The number of nitrogens with one attached hydrogen (secondary N) is 2. The molecule has 9 nitrogen and oxygen atoms in total. The number of amidine groups is 1. The summed E-state index contributed by atoms with van der Waals surface area (Å²) in [6.45, 7) is 5.28. The van der Waals surface area contributed by atoms with Crippen molar-refractivity contribution in [1.82, 2.24) is 20.5 Å². The van der Waals surface area contributed by atoms with Crippen LogP contribution >= 0.6 is 0 Å². The minimum Gasteiger partial charge on any atom is -0.447 e. The van der Waals surface area contributed by atoms with Crippen molar-refractivity contribution in [2.45, 2.75) is 32.3 Å². The number of ether oxygens (including phenoxy) is 2. The lowest BCUT2D eigenvalue weighted by molar-refractivity contribution is 0.0563. The van der Waals surface area contributed by atoms with Gasteiger partial charge in [-0.1, -0.05) is 48.5 Å². The Bertz CT molecular complexity index is 1120. The highest BCUT2D eigenvalue weighted by atomic mass is 16.6. The van der Waals surface area contributed by atoms with Gasteiger partial charge < -0.3 is 9.47 Å². The molecule has 0 fully saturated rings. The second-order valence-electron chi connectivity index (χ2n) is 8.23. The van der Waals surface area contributed by atoms with Crippen LogP contribution in [0.4, 0.5) is 9.59 Å². The van der Waals surface area contributed by atoms with Gasteiger partial charge in [-0.05, 0) is 43.0 Å². The number of alkyl carbamates (subject to hydrolysis) is 1. The number of rotatable bonds is 3. The Morgan fingerprint density at radius 2 is 1.69 bits per heavy atom. The lowest BCUT2D eigenvalue weighted by Crippen LogP contribution is -2.37. The first-order valence-electron chi connectivity index (χ1n) is 10.1. The van der Waals surface area contributed by atoms with Crippen molar-refractivity contribution in [3.05, 3.63) is 71.8 Å². The van der Waals surface area contributed by atoms with Crippen LogP contribution in [0.5, 0.6) is 0 Å². The van der Waals surface area contributed by atoms with Crippen LogP contribution in [0, 0.1) is 0 Å². The molecule has 4 rings (SSSR count). The molecular formula is C23H23N5O4. The number of nitrogens with zero attached hydrogens (tertiary/aromatic N) is 3. The third-order valence-electron chi connectivity index (χ3n) is 4.80. The minimum absolute atomic E-state index is 0.101. The number of aromatic amines is 1. The number of hydrogen-bond acceptors (Lipinski definition) is 6. The maximum absolute atomic E-state index is 12.5. The van der Waals surface area contributed by atoms with Crippen molar-refractivity contribution >= 4 is 18.0 Å². The molecule has 9 heteroatoms. The molecule has 0 unspecified atom stereocenters. The van der Waals surface area contributed by atoms with Crippen LogP contribution in [0.15, 0.2) is 59.9 Å². The van der Waals surface area contributed by atoms with Crippen molar-refractivity contribution in [3.8, 4) is 11.1 Å². The highest BCUT2D eigenvalue weighted by Gasteiger charge is 2.29. The van der Waals surface area contributed by atoms with Gasteiger partial charge in [-0.25, -0.2) is 14.6 Å². The van der Waals surface area contributed by atoms with E-state index in [2.05, 4.69) is 37.6 Å². The summed E-state index contributed by atoms with van der Waals surface area (Å²) >= 11 is 0. The molecule has 3 aromatic rings. The van der Waals surface area contributed by atoms with Gasteiger partial charge in [-0.2, -0.15) is 10.1 Å². The van der Waals surface area contributed by atoms with Crippen LogP contribution in [-0.2, 0) is 9.47 Å². The summed E-state index contributed by atoms with van der Waals surface area (Å²) in [6.07, 6.45) is -0.410. The molecule has 0 atom stereocenters. The smallest absolute Gasteiger partial charge is 0.435 e. The molecule has 164 valence electrons. The van der Waals surface area contributed by atoms with Crippen molar-refractivity contribution in [1.29, 1.82) is 0 Å². The van der Waals surface area contributed by atoms with Crippen LogP contribution < -0.4 is 5.32 Å². The quantitative estimate of drug-likeness (QED) is 0.476. The molecule has 0 bridgehead atoms. The molecule has 0 radical (unpaired) electrons. The Labute approximate surface area is 184 Å². The zero-order valence-corrected chi connectivity index (χ0v) is 18.0. The van der Waals surface area contributed by atoms with Crippen LogP contribution in [0.3, 0.4) is 0 Å². The van der Waals surface area contributed by atoms with E-state index in [4.69, 9.17) is 9.47 Å². The fraction of sp³-hybridized carbons (Fsp3) is 0.261. The Morgan fingerprint density at radius 3 is 2.25 bits per heavy atom. The molecule has 0 spiro atoms. The number of H-pyrrole nitrogens is 1. The third-order valence-corrected chi connectivity index (χ3v) is 4.80. The fourth-order valence-electron chi connectivity index (χ4n) is 3.58. The van der Waals surface area contributed by atoms with E-state index in [1.54, 1.807) is 20.8 Å². The average Bonchev–Trinajstić information content (AvgIpc) is 3.37. The molecule has 0 saturated carbocycles. The summed E-state index contributed by atoms with van der Waals surface area (Å²) < 4.78 is 10.7. The summed E-state index contributed by atoms with van der Waals surface area (Å²) in [7, 11) is 0. The Hall–Kier alpha value is -4.01. The maximum Gasteiger partial charge on any atom is 0.435 e. The van der Waals surface area contributed by atoms with E-state index in [1.165, 1.54) is 6.33 Å². The van der Waals surface area contributed by atoms with E-state index in [9.17, 15) is 9.59 Å². The predicted molar refractivity (Wildman–Crippen MR) is 117 cm³/mol. The van der Waals surface area contributed by atoms with Gasteiger partial charge in [0, 0.05) is 5.92 Å². The molecule has 2 aromatic carbocycles. The van der Waals surface area contributed by atoms with Gasteiger partial charge in [0.05, 0.1) is 0 Å². The zero-order chi connectivity index (χ0) is 22.7. The van der Waals surface area contributed by atoms with E-state index in [0.717, 1.165) is 22.3 Å². The maximum atomic E-state index is 12.5. The highest BCUT2D eigenvalue weighted by Crippen LogP contribution is 2.44. The van der Waals surface area contributed by atoms with E-state index >= 15 is 0 Å². The van der Waals surface area contributed by atoms with E-state index in [1.807, 2.05) is 36.4 Å². The first-order valence-corrected chi connectivity index (χ1v) is 10.1. The predicted octanol–water partition coefficient (Wildman–Crippen LogP) is 4.03. The number of carbonyl (C=O) groups is 2. The van der Waals surface area contributed by atoms with Gasteiger partial charge in [0.2, 0.25) is 0 Å². The number of hydrogen-bond donors (Lipinski definition) is 2. The summed E-state index contributed by atoms with van der Waals surface area (Å²) in [6, 6.07) is 16.1. The first-order chi connectivity index (χ1) is 15.3. The fourth-order valence-corrected chi connectivity index (χ4v) is 3.58.